The summed E-state index contributed by atoms with van der Waals surface area (Å²) in [5.74, 6) is -3.13. The molecule has 0 bridgehead atoms. The van der Waals surface area contributed by atoms with E-state index in [4.69, 9.17) is 4.74 Å². The molecule has 2 nitrogen and oxygen atoms in total. The molecule has 0 aromatic heterocycles. The molecular weight excluding hydrogens is 267 g/mol. The van der Waals surface area contributed by atoms with E-state index in [1.807, 2.05) is 13.0 Å². The lowest BCUT2D eigenvalue weighted by molar-refractivity contribution is 0.340. The molecule has 106 valence electrons. The van der Waals surface area contributed by atoms with Crippen molar-refractivity contribution >= 4 is 5.69 Å². The van der Waals surface area contributed by atoms with Gasteiger partial charge in [0.15, 0.2) is 17.5 Å². The molecule has 0 aliphatic rings. The van der Waals surface area contributed by atoms with E-state index in [0.717, 1.165) is 17.8 Å². The van der Waals surface area contributed by atoms with Crippen LogP contribution in [-0.4, -0.2) is 6.61 Å². The maximum Gasteiger partial charge on any atom is 0.194 e. The minimum absolute atomic E-state index is 0.184. The van der Waals surface area contributed by atoms with E-state index >= 15 is 0 Å². The molecule has 1 N–H and O–H groups in total. The Morgan fingerprint density at radius 1 is 1.05 bits per heavy atom. The molecule has 5 heteroatoms. The molecular formula is C15H14F3NO. The van der Waals surface area contributed by atoms with Crippen LogP contribution in [-0.2, 0) is 6.54 Å². The number of hydrogen-bond donors (Lipinski definition) is 1. The highest BCUT2D eigenvalue weighted by Gasteiger charge is 2.10. The first-order valence-corrected chi connectivity index (χ1v) is 6.20. The van der Waals surface area contributed by atoms with Gasteiger partial charge in [-0.05, 0) is 36.8 Å². The summed E-state index contributed by atoms with van der Waals surface area (Å²) < 4.78 is 44.3. The van der Waals surface area contributed by atoms with E-state index < -0.39 is 17.5 Å². The van der Waals surface area contributed by atoms with Gasteiger partial charge < -0.3 is 10.1 Å². The van der Waals surface area contributed by atoms with E-state index in [9.17, 15) is 13.2 Å². The summed E-state index contributed by atoms with van der Waals surface area (Å²) in [7, 11) is 0. The molecule has 0 aliphatic heterocycles. The average Bonchev–Trinajstić information content (AvgIpc) is 2.43. The Hall–Kier alpha value is -2.17. The zero-order valence-electron chi connectivity index (χ0n) is 10.9. The van der Waals surface area contributed by atoms with Gasteiger partial charge in [0.05, 0.1) is 6.61 Å². The molecule has 2 rings (SSSR count). The van der Waals surface area contributed by atoms with Crippen molar-refractivity contribution in [2.24, 2.45) is 0 Å². The second-order valence-electron chi connectivity index (χ2n) is 4.19. The minimum Gasteiger partial charge on any atom is -0.494 e. The Labute approximate surface area is 115 Å². The monoisotopic (exact) mass is 281 g/mol. The standard InChI is InChI=1S/C15H14F3NO/c1-2-20-12-5-3-4-11(8-12)19-9-10-6-13(16)15(18)14(17)7-10/h3-8,19H,2,9H2,1H3. The van der Waals surface area contributed by atoms with Gasteiger partial charge in [-0.2, -0.15) is 0 Å². The molecule has 0 saturated carbocycles. The molecule has 0 amide bonds. The summed E-state index contributed by atoms with van der Waals surface area (Å²) >= 11 is 0. The van der Waals surface area contributed by atoms with E-state index in [0.29, 0.717) is 17.9 Å². The first kappa shape index (κ1) is 14.2. The molecule has 2 aromatic rings. The average molecular weight is 281 g/mol. The predicted molar refractivity (Wildman–Crippen MR) is 71.3 cm³/mol. The van der Waals surface area contributed by atoms with Gasteiger partial charge in [-0.1, -0.05) is 6.07 Å². The normalized spacial score (nSPS) is 10.4. The topological polar surface area (TPSA) is 21.3 Å². The Bertz CT molecular complexity index is 578. The lowest BCUT2D eigenvalue weighted by Gasteiger charge is -2.09. The van der Waals surface area contributed by atoms with Crippen molar-refractivity contribution in [3.63, 3.8) is 0 Å². The van der Waals surface area contributed by atoms with Crippen LogP contribution in [0.3, 0.4) is 0 Å². The van der Waals surface area contributed by atoms with Gasteiger partial charge in [0, 0.05) is 18.3 Å². The van der Waals surface area contributed by atoms with Crippen LogP contribution >= 0.6 is 0 Å². The SMILES string of the molecule is CCOc1cccc(NCc2cc(F)c(F)c(F)c2)c1. The fourth-order valence-corrected chi connectivity index (χ4v) is 1.78. The molecule has 20 heavy (non-hydrogen) atoms. The van der Waals surface area contributed by atoms with Gasteiger partial charge in [0.1, 0.15) is 5.75 Å². The van der Waals surface area contributed by atoms with Gasteiger partial charge in [0.25, 0.3) is 0 Å². The molecule has 0 spiro atoms. The Kier molecular flexibility index (Phi) is 4.50. The largest absolute Gasteiger partial charge is 0.494 e. The molecule has 0 aliphatic carbocycles. The number of benzene rings is 2. The summed E-state index contributed by atoms with van der Waals surface area (Å²) in [6.45, 7) is 2.62. The van der Waals surface area contributed by atoms with Crippen molar-refractivity contribution in [2.75, 3.05) is 11.9 Å². The van der Waals surface area contributed by atoms with Crippen molar-refractivity contribution in [3.8, 4) is 5.75 Å². The first-order chi connectivity index (χ1) is 9.60. The Balaban J connectivity index is 2.07. The number of hydrogen-bond acceptors (Lipinski definition) is 2. The van der Waals surface area contributed by atoms with Crippen molar-refractivity contribution < 1.29 is 17.9 Å². The minimum atomic E-state index is -1.45. The molecule has 2 aromatic carbocycles. The van der Waals surface area contributed by atoms with Gasteiger partial charge in [-0.25, -0.2) is 13.2 Å². The van der Waals surface area contributed by atoms with Gasteiger partial charge >= 0.3 is 0 Å². The van der Waals surface area contributed by atoms with Crippen LogP contribution < -0.4 is 10.1 Å². The van der Waals surface area contributed by atoms with Gasteiger partial charge in [0.2, 0.25) is 0 Å². The maximum atomic E-state index is 13.1. The zero-order chi connectivity index (χ0) is 14.5. The predicted octanol–water partition coefficient (Wildman–Crippen LogP) is 4.11. The smallest absolute Gasteiger partial charge is 0.194 e. The van der Waals surface area contributed by atoms with E-state index in [1.54, 1.807) is 18.2 Å². The molecule has 0 fully saturated rings. The molecule has 0 heterocycles. The molecule has 0 atom stereocenters. The molecule has 0 radical (unpaired) electrons. The van der Waals surface area contributed by atoms with E-state index in [-0.39, 0.29) is 6.54 Å². The van der Waals surface area contributed by atoms with Gasteiger partial charge in [-0.3, -0.25) is 0 Å². The third-order valence-electron chi connectivity index (χ3n) is 2.69. The lowest BCUT2D eigenvalue weighted by Crippen LogP contribution is -2.02. The van der Waals surface area contributed by atoms with E-state index in [1.165, 1.54) is 0 Å². The number of rotatable bonds is 5. The highest BCUT2D eigenvalue weighted by molar-refractivity contribution is 5.48. The Morgan fingerprint density at radius 2 is 1.75 bits per heavy atom. The summed E-state index contributed by atoms with van der Waals surface area (Å²) in [5.41, 5.74) is 1.07. The quantitative estimate of drug-likeness (QED) is 0.833. The lowest BCUT2D eigenvalue weighted by atomic mass is 10.2. The molecule has 0 unspecified atom stereocenters. The highest BCUT2D eigenvalue weighted by Crippen LogP contribution is 2.19. The number of halogens is 3. The third-order valence-corrected chi connectivity index (χ3v) is 2.69. The second kappa shape index (κ2) is 6.32. The number of anilines is 1. The van der Waals surface area contributed by atoms with Crippen molar-refractivity contribution in [2.45, 2.75) is 13.5 Å². The summed E-state index contributed by atoms with van der Waals surface area (Å²) in [6, 6.07) is 9.14. The van der Waals surface area contributed by atoms with Crippen LogP contribution in [0.2, 0.25) is 0 Å². The van der Waals surface area contributed by atoms with Gasteiger partial charge in [-0.15, -0.1) is 0 Å². The van der Waals surface area contributed by atoms with Crippen LogP contribution in [0.1, 0.15) is 12.5 Å². The fourth-order valence-electron chi connectivity index (χ4n) is 1.78. The third kappa shape index (κ3) is 3.44. The van der Waals surface area contributed by atoms with Crippen molar-refractivity contribution in [1.82, 2.24) is 0 Å². The van der Waals surface area contributed by atoms with Crippen molar-refractivity contribution in [3.05, 3.63) is 59.4 Å². The van der Waals surface area contributed by atoms with Crippen LogP contribution in [0.25, 0.3) is 0 Å². The number of ether oxygens (including phenoxy) is 1. The van der Waals surface area contributed by atoms with Crippen LogP contribution in [0.15, 0.2) is 36.4 Å². The van der Waals surface area contributed by atoms with Crippen LogP contribution in [0, 0.1) is 17.5 Å². The summed E-state index contributed by atoms with van der Waals surface area (Å²) in [5, 5.41) is 3.00. The van der Waals surface area contributed by atoms with Crippen molar-refractivity contribution in [1.29, 1.82) is 0 Å². The maximum absolute atomic E-state index is 13.1. The zero-order valence-corrected chi connectivity index (χ0v) is 10.9. The summed E-state index contributed by atoms with van der Waals surface area (Å²) in [4.78, 5) is 0. The van der Waals surface area contributed by atoms with Crippen LogP contribution in [0.4, 0.5) is 18.9 Å². The van der Waals surface area contributed by atoms with Crippen LogP contribution in [0.5, 0.6) is 5.75 Å². The fraction of sp³-hybridized carbons (Fsp3) is 0.200. The Morgan fingerprint density at radius 3 is 2.40 bits per heavy atom. The molecule has 0 saturated heterocycles. The van der Waals surface area contributed by atoms with E-state index in [2.05, 4.69) is 5.32 Å². The highest BCUT2D eigenvalue weighted by atomic mass is 19.2. The first-order valence-electron chi connectivity index (χ1n) is 6.20. The second-order valence-corrected chi connectivity index (χ2v) is 4.19. The number of nitrogens with one attached hydrogen (secondary N) is 1. The summed E-state index contributed by atoms with van der Waals surface area (Å²) in [6.07, 6.45) is 0.